The summed E-state index contributed by atoms with van der Waals surface area (Å²) in [5, 5.41) is 0. The van der Waals surface area contributed by atoms with Crippen molar-refractivity contribution in [2.45, 2.75) is 44.7 Å². The van der Waals surface area contributed by atoms with Gasteiger partial charge in [-0.05, 0) is 30.5 Å². The maximum Gasteiger partial charge on any atom is 0.232 e. The number of hydrogen-bond acceptors (Lipinski definition) is 2. The van der Waals surface area contributed by atoms with Gasteiger partial charge in [0.1, 0.15) is 0 Å². The third kappa shape index (κ3) is 3.90. The quantitative estimate of drug-likeness (QED) is 0.806. The first-order valence-electron chi connectivity index (χ1n) is 9.92. The number of rotatable bonds is 5. The molecule has 4 nitrogen and oxygen atoms in total. The Balaban J connectivity index is 1.54. The fourth-order valence-corrected chi connectivity index (χ4v) is 4.36. The fourth-order valence-electron chi connectivity index (χ4n) is 4.36. The van der Waals surface area contributed by atoms with Gasteiger partial charge < -0.3 is 9.80 Å². The molecule has 0 bridgehead atoms. The van der Waals surface area contributed by atoms with Crippen molar-refractivity contribution in [3.8, 4) is 0 Å². The molecule has 1 saturated carbocycles. The molecular formula is C23H26N2O2. The summed E-state index contributed by atoms with van der Waals surface area (Å²) < 4.78 is 0. The molecule has 27 heavy (non-hydrogen) atoms. The van der Waals surface area contributed by atoms with Crippen LogP contribution in [-0.2, 0) is 16.1 Å². The largest absolute Gasteiger partial charge is 0.339 e. The molecule has 2 aromatic rings. The van der Waals surface area contributed by atoms with E-state index in [1.54, 1.807) is 0 Å². The molecule has 1 saturated heterocycles. The van der Waals surface area contributed by atoms with Gasteiger partial charge in [-0.15, -0.1) is 0 Å². The van der Waals surface area contributed by atoms with Crippen LogP contribution < -0.4 is 4.90 Å². The van der Waals surface area contributed by atoms with E-state index in [4.69, 9.17) is 0 Å². The van der Waals surface area contributed by atoms with Crippen molar-refractivity contribution in [2.24, 2.45) is 5.92 Å². The number of hydrogen-bond donors (Lipinski definition) is 0. The standard InChI is InChI=1S/C23H26N2O2/c26-22-15-19(17-24(22)20-13-7-8-14-20)23(27)25(21-11-5-2-6-12-21)16-18-9-3-1-4-10-18/h1-6,9-12,19-20H,7-8,13-17H2. The molecule has 0 spiro atoms. The van der Waals surface area contributed by atoms with Gasteiger partial charge in [0, 0.05) is 24.7 Å². The molecule has 140 valence electrons. The van der Waals surface area contributed by atoms with Crippen LogP contribution in [0, 0.1) is 5.92 Å². The second-order valence-corrected chi connectivity index (χ2v) is 7.63. The molecule has 0 radical (unpaired) electrons. The van der Waals surface area contributed by atoms with Crippen molar-refractivity contribution < 1.29 is 9.59 Å². The van der Waals surface area contributed by atoms with Gasteiger partial charge in [-0.3, -0.25) is 9.59 Å². The van der Waals surface area contributed by atoms with E-state index in [1.807, 2.05) is 70.5 Å². The van der Waals surface area contributed by atoms with Gasteiger partial charge in [0.2, 0.25) is 11.8 Å². The van der Waals surface area contributed by atoms with E-state index >= 15 is 0 Å². The predicted molar refractivity (Wildman–Crippen MR) is 106 cm³/mol. The molecule has 2 amide bonds. The molecule has 2 aliphatic rings. The van der Waals surface area contributed by atoms with E-state index in [0.29, 0.717) is 25.6 Å². The van der Waals surface area contributed by atoms with Crippen molar-refractivity contribution in [2.75, 3.05) is 11.4 Å². The molecular weight excluding hydrogens is 336 g/mol. The molecule has 1 unspecified atom stereocenters. The first-order chi connectivity index (χ1) is 13.2. The average Bonchev–Trinajstić information content (AvgIpc) is 3.36. The maximum atomic E-state index is 13.4. The fraction of sp³-hybridized carbons (Fsp3) is 0.391. The molecule has 2 fully saturated rings. The van der Waals surface area contributed by atoms with Gasteiger partial charge in [0.15, 0.2) is 0 Å². The van der Waals surface area contributed by atoms with Gasteiger partial charge in [-0.2, -0.15) is 0 Å². The number of benzene rings is 2. The van der Waals surface area contributed by atoms with Crippen LogP contribution >= 0.6 is 0 Å². The highest BCUT2D eigenvalue weighted by Crippen LogP contribution is 2.31. The lowest BCUT2D eigenvalue weighted by atomic mass is 10.1. The Kier molecular flexibility index (Phi) is 5.23. The van der Waals surface area contributed by atoms with E-state index in [0.717, 1.165) is 24.1 Å². The third-order valence-corrected chi connectivity index (χ3v) is 5.79. The molecule has 4 rings (SSSR count). The van der Waals surface area contributed by atoms with Crippen LogP contribution in [0.5, 0.6) is 0 Å². The second-order valence-electron chi connectivity index (χ2n) is 7.63. The van der Waals surface area contributed by atoms with Crippen LogP contribution in [0.2, 0.25) is 0 Å². The highest BCUT2D eigenvalue weighted by Gasteiger charge is 2.40. The molecule has 1 aliphatic carbocycles. The van der Waals surface area contributed by atoms with Crippen molar-refractivity contribution >= 4 is 17.5 Å². The SMILES string of the molecule is O=C(C1CC(=O)N(C2CCCC2)C1)N(Cc1ccccc1)c1ccccc1. The molecule has 0 aromatic heterocycles. The molecule has 2 aromatic carbocycles. The predicted octanol–water partition coefficient (Wildman–Crippen LogP) is 4.01. The summed E-state index contributed by atoms with van der Waals surface area (Å²) in [4.78, 5) is 29.8. The minimum atomic E-state index is -0.248. The molecule has 4 heteroatoms. The van der Waals surface area contributed by atoms with E-state index in [2.05, 4.69) is 0 Å². The number of likely N-dealkylation sites (tertiary alicyclic amines) is 1. The number of carbonyl (C=O) groups excluding carboxylic acids is 2. The highest BCUT2D eigenvalue weighted by molar-refractivity contribution is 5.99. The number of anilines is 1. The van der Waals surface area contributed by atoms with Crippen molar-refractivity contribution in [1.82, 2.24) is 4.90 Å². The zero-order valence-electron chi connectivity index (χ0n) is 15.6. The van der Waals surface area contributed by atoms with Gasteiger partial charge in [0.25, 0.3) is 0 Å². The summed E-state index contributed by atoms with van der Waals surface area (Å²) >= 11 is 0. The highest BCUT2D eigenvalue weighted by atomic mass is 16.2. The van der Waals surface area contributed by atoms with Crippen LogP contribution in [0.1, 0.15) is 37.7 Å². The number of para-hydroxylation sites is 1. The van der Waals surface area contributed by atoms with E-state index in [-0.39, 0.29) is 17.7 Å². The third-order valence-electron chi connectivity index (χ3n) is 5.79. The molecule has 1 aliphatic heterocycles. The van der Waals surface area contributed by atoms with E-state index in [1.165, 1.54) is 12.8 Å². The van der Waals surface area contributed by atoms with Crippen LogP contribution in [0.15, 0.2) is 60.7 Å². The van der Waals surface area contributed by atoms with Crippen LogP contribution in [0.25, 0.3) is 0 Å². The Hall–Kier alpha value is -2.62. The topological polar surface area (TPSA) is 40.6 Å². The Morgan fingerprint density at radius 1 is 0.963 bits per heavy atom. The number of amides is 2. The van der Waals surface area contributed by atoms with Crippen LogP contribution in [-0.4, -0.2) is 29.3 Å². The van der Waals surface area contributed by atoms with E-state index in [9.17, 15) is 9.59 Å². The Labute approximate surface area is 160 Å². The number of nitrogens with zero attached hydrogens (tertiary/aromatic N) is 2. The van der Waals surface area contributed by atoms with Gasteiger partial charge in [-0.1, -0.05) is 61.4 Å². The van der Waals surface area contributed by atoms with Gasteiger partial charge in [0.05, 0.1) is 12.5 Å². The zero-order chi connectivity index (χ0) is 18.6. The summed E-state index contributed by atoms with van der Waals surface area (Å²) in [5.74, 6) is -0.0473. The lowest BCUT2D eigenvalue weighted by Crippen LogP contribution is -2.39. The van der Waals surface area contributed by atoms with Crippen molar-refractivity contribution in [3.63, 3.8) is 0 Å². The van der Waals surface area contributed by atoms with Crippen molar-refractivity contribution in [1.29, 1.82) is 0 Å². The molecule has 0 N–H and O–H groups in total. The summed E-state index contributed by atoms with van der Waals surface area (Å²) in [7, 11) is 0. The number of carbonyl (C=O) groups is 2. The lowest BCUT2D eigenvalue weighted by Gasteiger charge is -2.27. The van der Waals surface area contributed by atoms with Crippen LogP contribution in [0.4, 0.5) is 5.69 Å². The first-order valence-corrected chi connectivity index (χ1v) is 9.92. The van der Waals surface area contributed by atoms with Gasteiger partial charge in [-0.25, -0.2) is 0 Å². The van der Waals surface area contributed by atoms with E-state index < -0.39 is 0 Å². The monoisotopic (exact) mass is 362 g/mol. The Morgan fingerprint density at radius 2 is 1.59 bits per heavy atom. The minimum Gasteiger partial charge on any atom is -0.339 e. The molecule has 1 atom stereocenters. The zero-order valence-corrected chi connectivity index (χ0v) is 15.6. The maximum absolute atomic E-state index is 13.4. The normalized spacial score (nSPS) is 20.2. The minimum absolute atomic E-state index is 0.0545. The summed E-state index contributed by atoms with van der Waals surface area (Å²) in [5.41, 5.74) is 1.98. The summed E-state index contributed by atoms with van der Waals surface area (Å²) in [6.45, 7) is 1.10. The lowest BCUT2D eigenvalue weighted by molar-refractivity contribution is -0.130. The van der Waals surface area contributed by atoms with Gasteiger partial charge >= 0.3 is 0 Å². The van der Waals surface area contributed by atoms with Crippen LogP contribution in [0.3, 0.4) is 0 Å². The Morgan fingerprint density at radius 3 is 2.26 bits per heavy atom. The summed E-state index contributed by atoms with van der Waals surface area (Å²) in [6, 6.07) is 20.2. The van der Waals surface area contributed by atoms with Crippen molar-refractivity contribution in [3.05, 3.63) is 66.2 Å². The molecule has 1 heterocycles. The first kappa shape index (κ1) is 17.8. The summed E-state index contributed by atoms with van der Waals surface area (Å²) in [6.07, 6.45) is 4.89. The smallest absolute Gasteiger partial charge is 0.232 e. The Bertz CT molecular complexity index is 785. The average molecular weight is 362 g/mol. The second kappa shape index (κ2) is 7.95.